The van der Waals surface area contributed by atoms with E-state index < -0.39 is 57.9 Å². The third kappa shape index (κ3) is 5.26. The van der Waals surface area contributed by atoms with Gasteiger partial charge < -0.3 is 25.5 Å². The molecule has 0 radical (unpaired) electrons. The maximum atomic E-state index is 11.7. The zero-order chi connectivity index (χ0) is 29.3. The molecule has 0 heterocycles. The lowest BCUT2D eigenvalue weighted by Crippen LogP contribution is -2.69. The van der Waals surface area contributed by atoms with Crippen molar-refractivity contribution >= 4 is 10.4 Å². The predicted octanol–water partition coefficient (Wildman–Crippen LogP) is 2.85. The molecular weight excluding hydrogens is 524 g/mol. The van der Waals surface area contributed by atoms with Gasteiger partial charge in [-0.2, -0.15) is 8.42 Å². The van der Waals surface area contributed by atoms with Crippen molar-refractivity contribution < 1.29 is 42.7 Å². The summed E-state index contributed by atoms with van der Waals surface area (Å²) in [5, 5.41) is 55.6. The average Bonchev–Trinajstić information content (AvgIpc) is 3.09. The Morgan fingerprint density at radius 3 is 2.38 bits per heavy atom. The smallest absolute Gasteiger partial charge is 0.393 e. The Morgan fingerprint density at radius 2 is 1.77 bits per heavy atom. The minimum atomic E-state index is -4.67. The van der Waals surface area contributed by atoms with E-state index in [1.807, 2.05) is 6.92 Å². The van der Waals surface area contributed by atoms with Gasteiger partial charge in [0.2, 0.25) is 0 Å². The van der Waals surface area contributed by atoms with E-state index in [0.717, 1.165) is 18.4 Å². The molecule has 0 aromatic heterocycles. The van der Waals surface area contributed by atoms with Gasteiger partial charge in [0.1, 0.15) is 0 Å². The molecule has 0 spiro atoms. The average molecular weight is 575 g/mol. The largest absolute Gasteiger partial charge is 0.397 e. The maximum absolute atomic E-state index is 11.7. The Kier molecular flexibility index (Phi) is 8.27. The summed E-state index contributed by atoms with van der Waals surface area (Å²) < 4.78 is 35.4. The van der Waals surface area contributed by atoms with E-state index >= 15 is 0 Å². The molecule has 13 atom stereocenters. The lowest BCUT2D eigenvalue weighted by Gasteiger charge is -2.65. The third-order valence-corrected chi connectivity index (χ3v) is 12.6. The molecule has 0 saturated heterocycles. The quantitative estimate of drug-likeness (QED) is 0.198. The van der Waals surface area contributed by atoms with Crippen LogP contribution in [0.3, 0.4) is 0 Å². The number of aliphatic hydroxyl groups is 5. The van der Waals surface area contributed by atoms with Crippen molar-refractivity contribution in [3.05, 3.63) is 11.6 Å². The Hall–Kier alpha value is -0.590. The highest BCUT2D eigenvalue weighted by atomic mass is 32.3. The van der Waals surface area contributed by atoms with E-state index in [1.54, 1.807) is 6.92 Å². The van der Waals surface area contributed by atoms with Crippen molar-refractivity contribution in [2.24, 2.45) is 46.3 Å². The van der Waals surface area contributed by atoms with Crippen LogP contribution in [0.5, 0.6) is 0 Å². The Balaban J connectivity index is 1.56. The van der Waals surface area contributed by atoms with Crippen molar-refractivity contribution in [3.63, 3.8) is 0 Å². The first-order chi connectivity index (χ1) is 17.8. The number of fused-ring (bicyclic) bond motifs is 5. The molecular formula is C29H50O9S. The lowest BCUT2D eigenvalue weighted by atomic mass is 9.42. The molecule has 4 aliphatic rings. The minimum Gasteiger partial charge on any atom is -0.393 e. The summed E-state index contributed by atoms with van der Waals surface area (Å²) in [6.45, 7) is 11.0. The number of hydrogen-bond donors (Lipinski definition) is 6. The van der Waals surface area contributed by atoms with E-state index in [2.05, 4.69) is 31.0 Å². The van der Waals surface area contributed by atoms with Gasteiger partial charge in [0.25, 0.3) is 0 Å². The summed E-state index contributed by atoms with van der Waals surface area (Å²) in [6, 6.07) is 0. The second-order valence-electron chi connectivity index (χ2n) is 14.3. The lowest BCUT2D eigenvalue weighted by molar-refractivity contribution is -0.268. The summed E-state index contributed by atoms with van der Waals surface area (Å²) >= 11 is 0. The van der Waals surface area contributed by atoms with E-state index in [9.17, 15) is 34.0 Å². The van der Waals surface area contributed by atoms with Gasteiger partial charge in [-0.3, -0.25) is 4.55 Å². The van der Waals surface area contributed by atoms with Crippen molar-refractivity contribution in [1.82, 2.24) is 0 Å². The molecule has 0 aromatic rings. The number of aliphatic hydroxyl groups excluding tert-OH is 3. The summed E-state index contributed by atoms with van der Waals surface area (Å²) in [5.41, 5.74) is -2.65. The van der Waals surface area contributed by atoms with Crippen molar-refractivity contribution in [3.8, 4) is 0 Å². The topological polar surface area (TPSA) is 165 Å². The fourth-order valence-corrected chi connectivity index (χ4v) is 10.1. The molecule has 9 nitrogen and oxygen atoms in total. The summed E-state index contributed by atoms with van der Waals surface area (Å²) in [4.78, 5) is 0. The summed E-state index contributed by atoms with van der Waals surface area (Å²) in [6.07, 6.45) is 4.33. The van der Waals surface area contributed by atoms with Gasteiger partial charge in [-0.15, -0.1) is 0 Å². The summed E-state index contributed by atoms with van der Waals surface area (Å²) in [5.74, 6) is 0.0182. The SMILES string of the molecule is CC(=CC(C)C1CC(O)C2C3CC(O)C4(O)CC(O)CCC4(C)C3CCC12C)C(C)C(C)(O)COS(=O)(=O)O. The first-order valence-electron chi connectivity index (χ1n) is 14.6. The van der Waals surface area contributed by atoms with Gasteiger partial charge >= 0.3 is 10.4 Å². The molecule has 6 N–H and O–H groups in total. The highest BCUT2D eigenvalue weighted by molar-refractivity contribution is 7.80. The molecule has 39 heavy (non-hydrogen) atoms. The maximum Gasteiger partial charge on any atom is 0.397 e. The first-order valence-corrected chi connectivity index (χ1v) is 15.9. The van der Waals surface area contributed by atoms with Gasteiger partial charge in [-0.05, 0) is 87.4 Å². The highest BCUT2D eigenvalue weighted by Crippen LogP contribution is 2.69. The van der Waals surface area contributed by atoms with Crippen LogP contribution in [0.25, 0.3) is 0 Å². The Bertz CT molecular complexity index is 1060. The third-order valence-electron chi connectivity index (χ3n) is 12.2. The molecule has 226 valence electrons. The van der Waals surface area contributed by atoms with Gasteiger partial charge in [-0.25, -0.2) is 4.18 Å². The second kappa shape index (κ2) is 10.3. The molecule has 13 unspecified atom stereocenters. The molecule has 4 fully saturated rings. The zero-order valence-corrected chi connectivity index (χ0v) is 25.1. The van der Waals surface area contributed by atoms with Gasteiger partial charge in [0.15, 0.2) is 0 Å². The summed E-state index contributed by atoms with van der Waals surface area (Å²) in [7, 11) is -4.67. The van der Waals surface area contributed by atoms with E-state index in [-0.39, 0.29) is 41.4 Å². The van der Waals surface area contributed by atoms with Crippen LogP contribution in [0.4, 0.5) is 0 Å². The van der Waals surface area contributed by atoms with Gasteiger partial charge in [0.05, 0.1) is 36.1 Å². The number of rotatable bonds is 7. The van der Waals surface area contributed by atoms with Crippen LogP contribution < -0.4 is 0 Å². The van der Waals surface area contributed by atoms with Crippen molar-refractivity contribution in [2.75, 3.05) is 6.61 Å². The van der Waals surface area contributed by atoms with Crippen LogP contribution in [0.1, 0.15) is 86.5 Å². The normalized spacial score (nSPS) is 47.9. The molecule has 4 saturated carbocycles. The van der Waals surface area contributed by atoms with Gasteiger partial charge in [-0.1, -0.05) is 39.3 Å². The Morgan fingerprint density at radius 1 is 1.13 bits per heavy atom. The molecule has 10 heteroatoms. The van der Waals surface area contributed by atoms with Crippen LogP contribution in [-0.4, -0.2) is 74.6 Å². The molecule has 0 aromatic carbocycles. The molecule has 4 aliphatic carbocycles. The van der Waals surface area contributed by atoms with Crippen LogP contribution in [0.15, 0.2) is 11.6 Å². The highest BCUT2D eigenvalue weighted by Gasteiger charge is 2.68. The van der Waals surface area contributed by atoms with E-state index in [4.69, 9.17) is 4.55 Å². The molecule has 0 bridgehead atoms. The van der Waals surface area contributed by atoms with E-state index in [0.29, 0.717) is 25.7 Å². The molecule has 0 aliphatic heterocycles. The number of allylic oxidation sites excluding steroid dienone is 1. The fraction of sp³-hybridized carbons (Fsp3) is 0.931. The van der Waals surface area contributed by atoms with Crippen LogP contribution in [-0.2, 0) is 14.6 Å². The fourth-order valence-electron chi connectivity index (χ4n) is 9.67. The minimum absolute atomic E-state index is 0.0102. The van der Waals surface area contributed by atoms with Crippen LogP contribution >= 0.6 is 0 Å². The van der Waals surface area contributed by atoms with Crippen molar-refractivity contribution in [1.29, 1.82) is 0 Å². The standard InChI is InChI=1S/C29H50O9S/c1-16(18(3)28(6,33)15-38-39(35,36)37)11-17(2)22-13-23(31)25-20-12-24(32)29(34)14-19(30)7-10-27(29,5)21(20)8-9-26(22,25)4/h11,17-25,30-34H,7-10,12-15H2,1-6H3,(H,35,36,37). The van der Waals surface area contributed by atoms with E-state index in [1.165, 1.54) is 6.92 Å². The molecule has 4 rings (SSSR count). The van der Waals surface area contributed by atoms with Crippen LogP contribution in [0, 0.1) is 46.3 Å². The monoisotopic (exact) mass is 574 g/mol. The predicted molar refractivity (Wildman–Crippen MR) is 146 cm³/mol. The zero-order valence-electron chi connectivity index (χ0n) is 24.2. The van der Waals surface area contributed by atoms with Crippen molar-refractivity contribution in [2.45, 2.75) is 116 Å². The Labute approximate surface area is 233 Å². The molecule has 0 amide bonds. The van der Waals surface area contributed by atoms with Crippen LogP contribution in [0.2, 0.25) is 0 Å². The second-order valence-corrected chi connectivity index (χ2v) is 15.4. The number of hydrogen-bond acceptors (Lipinski definition) is 8. The van der Waals surface area contributed by atoms with Gasteiger partial charge in [0, 0.05) is 17.8 Å². The first kappa shape index (κ1) is 31.3.